The third-order valence-electron chi connectivity index (χ3n) is 1.81. The first-order valence-electron chi connectivity index (χ1n) is 4.33. The molecule has 1 heterocycles. The molecule has 4 N–H and O–H groups in total. The van der Waals surface area contributed by atoms with E-state index in [0.29, 0.717) is 11.6 Å². The highest BCUT2D eigenvalue weighted by Crippen LogP contribution is 2.07. The molecule has 0 atom stereocenters. The Bertz CT molecular complexity index is 265. The smallest absolute Gasteiger partial charge is 0.147 e. The second kappa shape index (κ2) is 4.13. The zero-order valence-corrected chi connectivity index (χ0v) is 8.20. The third-order valence-corrected chi connectivity index (χ3v) is 1.81. The van der Waals surface area contributed by atoms with Gasteiger partial charge in [0.15, 0.2) is 0 Å². The van der Waals surface area contributed by atoms with Gasteiger partial charge < -0.3 is 16.4 Å². The maximum absolute atomic E-state index is 5.67. The van der Waals surface area contributed by atoms with Crippen LogP contribution in [0.15, 0.2) is 6.07 Å². The molecule has 74 valence electrons. The molecule has 0 aromatic carbocycles. The molecule has 0 aliphatic carbocycles. The van der Waals surface area contributed by atoms with E-state index in [4.69, 9.17) is 11.5 Å². The van der Waals surface area contributed by atoms with Crippen LogP contribution in [0.4, 0.5) is 11.6 Å². The van der Waals surface area contributed by atoms with Gasteiger partial charge in [-0.1, -0.05) is 0 Å². The summed E-state index contributed by atoms with van der Waals surface area (Å²) in [5.74, 6) is 1.12. The molecule has 0 aliphatic rings. The summed E-state index contributed by atoms with van der Waals surface area (Å²) in [7, 11) is 4.08. The number of rotatable bonds is 4. The van der Waals surface area contributed by atoms with Crippen molar-refractivity contribution in [2.45, 2.75) is 13.0 Å². The van der Waals surface area contributed by atoms with Crippen LogP contribution >= 0.6 is 0 Å². The lowest BCUT2D eigenvalue weighted by Crippen LogP contribution is -2.16. The van der Waals surface area contributed by atoms with E-state index in [0.717, 1.165) is 19.5 Å². The van der Waals surface area contributed by atoms with Crippen molar-refractivity contribution in [3.05, 3.63) is 6.07 Å². The number of aromatic nitrogens is 2. The third kappa shape index (κ3) is 2.95. The normalized spacial score (nSPS) is 11.0. The highest BCUT2D eigenvalue weighted by atomic mass is 15.3. The topological polar surface area (TPSA) is 73.1 Å². The van der Waals surface area contributed by atoms with Crippen molar-refractivity contribution in [2.75, 3.05) is 32.1 Å². The molecule has 1 rings (SSSR count). The molecule has 0 fully saturated rings. The van der Waals surface area contributed by atoms with E-state index in [1.807, 2.05) is 14.1 Å². The van der Waals surface area contributed by atoms with Gasteiger partial charge in [-0.3, -0.25) is 0 Å². The molecule has 0 amide bonds. The van der Waals surface area contributed by atoms with Gasteiger partial charge in [-0.25, -0.2) is 4.68 Å². The standard InChI is InChI=1S/C8H17N5/c1-12(2)4-3-5-13-8(10)6-7(9)11-13/h6H,3-5,10H2,1-2H3,(H2,9,11). The zero-order valence-electron chi connectivity index (χ0n) is 8.20. The van der Waals surface area contributed by atoms with Crippen LogP contribution < -0.4 is 11.5 Å². The van der Waals surface area contributed by atoms with E-state index in [-0.39, 0.29) is 0 Å². The van der Waals surface area contributed by atoms with E-state index >= 15 is 0 Å². The van der Waals surface area contributed by atoms with Gasteiger partial charge in [0.25, 0.3) is 0 Å². The quantitative estimate of drug-likeness (QED) is 0.689. The zero-order chi connectivity index (χ0) is 9.84. The van der Waals surface area contributed by atoms with Gasteiger partial charge in [-0.2, -0.15) is 5.10 Å². The lowest BCUT2D eigenvalue weighted by molar-refractivity contribution is 0.382. The number of anilines is 2. The maximum Gasteiger partial charge on any atom is 0.147 e. The SMILES string of the molecule is CN(C)CCCn1nc(N)cc1N. The Kier molecular flexibility index (Phi) is 3.13. The molecule has 0 unspecified atom stereocenters. The molecule has 0 saturated heterocycles. The highest BCUT2D eigenvalue weighted by molar-refractivity contribution is 5.41. The number of nitrogens with two attached hydrogens (primary N) is 2. The van der Waals surface area contributed by atoms with Crippen molar-refractivity contribution in [2.24, 2.45) is 0 Å². The van der Waals surface area contributed by atoms with Crippen molar-refractivity contribution < 1.29 is 0 Å². The van der Waals surface area contributed by atoms with E-state index in [1.54, 1.807) is 10.7 Å². The fourth-order valence-electron chi connectivity index (χ4n) is 1.17. The van der Waals surface area contributed by atoms with Gasteiger partial charge in [-0.05, 0) is 27.1 Å². The number of hydrogen-bond acceptors (Lipinski definition) is 4. The van der Waals surface area contributed by atoms with Crippen molar-refractivity contribution in [1.82, 2.24) is 14.7 Å². The second-order valence-electron chi connectivity index (χ2n) is 3.37. The van der Waals surface area contributed by atoms with Gasteiger partial charge >= 0.3 is 0 Å². The fourth-order valence-corrected chi connectivity index (χ4v) is 1.17. The summed E-state index contributed by atoms with van der Waals surface area (Å²) in [6.07, 6.45) is 1.03. The summed E-state index contributed by atoms with van der Waals surface area (Å²) < 4.78 is 1.73. The Morgan fingerprint density at radius 2 is 2.15 bits per heavy atom. The monoisotopic (exact) mass is 183 g/mol. The molecule has 0 bridgehead atoms. The molecular formula is C8H17N5. The van der Waals surface area contributed by atoms with E-state index in [9.17, 15) is 0 Å². The Morgan fingerprint density at radius 1 is 1.46 bits per heavy atom. The van der Waals surface area contributed by atoms with Gasteiger partial charge in [0.2, 0.25) is 0 Å². The lowest BCUT2D eigenvalue weighted by Gasteiger charge is -2.09. The first-order valence-corrected chi connectivity index (χ1v) is 4.33. The number of aryl methyl sites for hydroxylation is 1. The first kappa shape index (κ1) is 9.85. The molecule has 5 heteroatoms. The van der Waals surface area contributed by atoms with Gasteiger partial charge in [0.05, 0.1) is 0 Å². The van der Waals surface area contributed by atoms with Crippen molar-refractivity contribution >= 4 is 11.6 Å². The van der Waals surface area contributed by atoms with Crippen LogP contribution in [-0.2, 0) is 6.54 Å². The Hall–Kier alpha value is -1.23. The average molecular weight is 183 g/mol. The Labute approximate surface area is 78.3 Å². The van der Waals surface area contributed by atoms with Crippen LogP contribution in [0.25, 0.3) is 0 Å². The minimum absolute atomic E-state index is 0.488. The lowest BCUT2D eigenvalue weighted by atomic mass is 10.4. The predicted molar refractivity (Wildman–Crippen MR) is 54.2 cm³/mol. The second-order valence-corrected chi connectivity index (χ2v) is 3.37. The van der Waals surface area contributed by atoms with Gasteiger partial charge in [0, 0.05) is 12.6 Å². The van der Waals surface area contributed by atoms with Gasteiger partial charge in [0.1, 0.15) is 11.6 Å². The summed E-state index contributed by atoms with van der Waals surface area (Å²) in [4.78, 5) is 2.13. The average Bonchev–Trinajstić information content (AvgIpc) is 2.29. The highest BCUT2D eigenvalue weighted by Gasteiger charge is 2.01. The van der Waals surface area contributed by atoms with Crippen molar-refractivity contribution in [3.8, 4) is 0 Å². The molecular weight excluding hydrogens is 166 g/mol. The molecule has 0 saturated carbocycles. The van der Waals surface area contributed by atoms with E-state index in [1.165, 1.54) is 0 Å². The van der Waals surface area contributed by atoms with Crippen LogP contribution in [-0.4, -0.2) is 35.3 Å². The predicted octanol–water partition coefficient (Wildman–Crippen LogP) is -0.000800. The minimum Gasteiger partial charge on any atom is -0.384 e. The van der Waals surface area contributed by atoms with Crippen LogP contribution in [0, 0.1) is 0 Å². The minimum atomic E-state index is 0.488. The summed E-state index contributed by atoms with van der Waals surface area (Å²) in [5, 5.41) is 4.06. The Balaban J connectivity index is 2.40. The summed E-state index contributed by atoms with van der Waals surface area (Å²) in [6.45, 7) is 1.85. The summed E-state index contributed by atoms with van der Waals surface area (Å²) in [6, 6.07) is 1.68. The van der Waals surface area contributed by atoms with Crippen LogP contribution in [0.1, 0.15) is 6.42 Å². The largest absolute Gasteiger partial charge is 0.384 e. The van der Waals surface area contributed by atoms with Crippen molar-refractivity contribution in [3.63, 3.8) is 0 Å². The molecule has 0 radical (unpaired) electrons. The van der Waals surface area contributed by atoms with Gasteiger partial charge in [-0.15, -0.1) is 0 Å². The Morgan fingerprint density at radius 3 is 2.62 bits per heavy atom. The van der Waals surface area contributed by atoms with Crippen molar-refractivity contribution in [1.29, 1.82) is 0 Å². The molecule has 1 aromatic heterocycles. The van der Waals surface area contributed by atoms with E-state index in [2.05, 4.69) is 10.00 Å². The van der Waals surface area contributed by atoms with Crippen LogP contribution in [0.5, 0.6) is 0 Å². The van der Waals surface area contributed by atoms with Crippen LogP contribution in [0.2, 0.25) is 0 Å². The van der Waals surface area contributed by atoms with E-state index < -0.39 is 0 Å². The number of nitrogen functional groups attached to an aromatic ring is 2. The molecule has 0 aliphatic heterocycles. The molecule has 5 nitrogen and oxygen atoms in total. The molecule has 1 aromatic rings. The maximum atomic E-state index is 5.67. The summed E-state index contributed by atoms with van der Waals surface area (Å²) in [5.41, 5.74) is 11.2. The van der Waals surface area contributed by atoms with Crippen LogP contribution in [0.3, 0.4) is 0 Å². The molecule has 0 spiro atoms. The number of nitrogens with zero attached hydrogens (tertiary/aromatic N) is 3. The number of hydrogen-bond donors (Lipinski definition) is 2. The molecule has 13 heavy (non-hydrogen) atoms. The fraction of sp³-hybridized carbons (Fsp3) is 0.625. The summed E-state index contributed by atoms with van der Waals surface area (Å²) >= 11 is 0. The first-order chi connectivity index (χ1) is 6.09.